The number of carbonyl (C=O) groups is 1. The number of halogens is 1. The van der Waals surface area contributed by atoms with Crippen LogP contribution >= 0.6 is 0 Å². The molecule has 0 amide bonds. The maximum Gasteiger partial charge on any atom is 0.303 e. The quantitative estimate of drug-likeness (QED) is 0.247. The molecule has 43 heavy (non-hydrogen) atoms. The number of carboxylic acids is 1. The smallest absolute Gasteiger partial charge is 0.303 e. The van der Waals surface area contributed by atoms with E-state index in [1.807, 2.05) is 75.3 Å². The number of ether oxygens (including phenoxy) is 3. The molecular formula is C35H55FN2O5. The standard InChI is InChI=1S/C24H25FN2O5.C3H6.4C2H6/c1-15(2)32-24-23(20-12-18(30-3)8-9-21(20)25)26-13-17(27-24)14-31-19-6-4-5-16(11-19)7-10-22(28)29;1-2-3-1;4*1-2/h4-6,8-9,11-13,15H,7,10,14H2,1-3H3,(H,28,29);1-3H2;4*1-2H3. The number of benzene rings is 2. The van der Waals surface area contributed by atoms with E-state index >= 15 is 0 Å². The summed E-state index contributed by atoms with van der Waals surface area (Å²) in [4.78, 5) is 19.7. The SMILES string of the molecule is C1CC1.CC.CC.CC.CC.COc1ccc(F)c(-c2ncc(COc3cccc(CCC(=O)O)c3)nc2OC(C)C)c1. The molecule has 0 aliphatic heterocycles. The van der Waals surface area contributed by atoms with Gasteiger partial charge < -0.3 is 19.3 Å². The molecule has 0 unspecified atom stereocenters. The largest absolute Gasteiger partial charge is 0.497 e. The van der Waals surface area contributed by atoms with E-state index < -0.39 is 11.8 Å². The van der Waals surface area contributed by atoms with Crippen molar-refractivity contribution in [1.29, 1.82) is 0 Å². The van der Waals surface area contributed by atoms with Crippen LogP contribution in [0.3, 0.4) is 0 Å². The Morgan fingerprint density at radius 1 is 0.930 bits per heavy atom. The summed E-state index contributed by atoms with van der Waals surface area (Å²) >= 11 is 0. The third kappa shape index (κ3) is 17.8. The van der Waals surface area contributed by atoms with Gasteiger partial charge in [0.05, 0.1) is 19.4 Å². The van der Waals surface area contributed by atoms with E-state index in [1.54, 1.807) is 24.3 Å². The summed E-state index contributed by atoms with van der Waals surface area (Å²) in [6, 6.07) is 11.6. The maximum absolute atomic E-state index is 14.5. The molecule has 1 saturated carbocycles. The van der Waals surface area contributed by atoms with E-state index in [4.69, 9.17) is 19.3 Å². The van der Waals surface area contributed by atoms with Crippen molar-refractivity contribution >= 4 is 5.97 Å². The zero-order chi connectivity index (χ0) is 33.2. The van der Waals surface area contributed by atoms with Gasteiger partial charge in [0.25, 0.3) is 0 Å². The van der Waals surface area contributed by atoms with Crippen molar-refractivity contribution in [3.05, 3.63) is 65.7 Å². The second-order valence-corrected chi connectivity index (χ2v) is 8.42. The second kappa shape index (κ2) is 26.0. The monoisotopic (exact) mass is 602 g/mol. The number of aromatic nitrogens is 2. The lowest BCUT2D eigenvalue weighted by Gasteiger charge is -2.15. The topological polar surface area (TPSA) is 90.8 Å². The van der Waals surface area contributed by atoms with Crippen LogP contribution < -0.4 is 14.2 Å². The van der Waals surface area contributed by atoms with Gasteiger partial charge in [0.2, 0.25) is 5.88 Å². The van der Waals surface area contributed by atoms with E-state index in [2.05, 4.69) is 9.97 Å². The molecule has 1 heterocycles. The van der Waals surface area contributed by atoms with Crippen molar-refractivity contribution in [2.45, 2.75) is 114 Å². The minimum Gasteiger partial charge on any atom is -0.497 e. The van der Waals surface area contributed by atoms with Crippen molar-refractivity contribution < 1.29 is 28.5 Å². The van der Waals surface area contributed by atoms with E-state index in [1.165, 1.54) is 44.7 Å². The van der Waals surface area contributed by atoms with Gasteiger partial charge in [-0.1, -0.05) is 86.8 Å². The van der Waals surface area contributed by atoms with Crippen LogP contribution in [0, 0.1) is 5.82 Å². The Balaban J connectivity index is 0. The van der Waals surface area contributed by atoms with Gasteiger partial charge in [-0.15, -0.1) is 0 Å². The number of rotatable bonds is 10. The summed E-state index contributed by atoms with van der Waals surface area (Å²) in [6.45, 7) is 19.8. The van der Waals surface area contributed by atoms with Gasteiger partial charge in [0.1, 0.15) is 35.3 Å². The van der Waals surface area contributed by atoms with Crippen LogP contribution in [0.2, 0.25) is 0 Å². The van der Waals surface area contributed by atoms with E-state index in [-0.39, 0.29) is 36.3 Å². The molecule has 1 aromatic heterocycles. The third-order valence-corrected chi connectivity index (χ3v) is 4.83. The predicted octanol–water partition coefficient (Wildman–Crippen LogP) is 9.95. The Labute approximate surface area is 259 Å². The molecule has 3 aromatic rings. The van der Waals surface area contributed by atoms with Crippen LogP contribution in [0.5, 0.6) is 17.4 Å². The molecule has 1 aliphatic rings. The summed E-state index contributed by atoms with van der Waals surface area (Å²) in [5, 5.41) is 8.85. The average Bonchev–Trinajstić information content (AvgIpc) is 3.94. The number of nitrogens with zero attached hydrogens (tertiary/aromatic N) is 2. The van der Waals surface area contributed by atoms with Gasteiger partial charge in [0.15, 0.2) is 0 Å². The molecule has 0 radical (unpaired) electrons. The Kier molecular flexibility index (Phi) is 25.1. The Morgan fingerprint density at radius 2 is 1.56 bits per heavy atom. The van der Waals surface area contributed by atoms with Crippen LogP contribution in [-0.4, -0.2) is 34.3 Å². The minimum atomic E-state index is -0.850. The number of aryl methyl sites for hydroxylation is 1. The van der Waals surface area contributed by atoms with Crippen molar-refractivity contribution in [1.82, 2.24) is 9.97 Å². The number of carboxylic acid groups (broad SMARTS) is 1. The average molecular weight is 603 g/mol. The van der Waals surface area contributed by atoms with Gasteiger partial charge in [-0.2, -0.15) is 0 Å². The number of aliphatic carboxylic acids is 1. The molecule has 1 aliphatic carbocycles. The molecule has 1 fully saturated rings. The molecule has 4 rings (SSSR count). The van der Waals surface area contributed by atoms with Crippen LogP contribution in [-0.2, 0) is 17.8 Å². The lowest BCUT2D eigenvalue weighted by atomic mass is 10.1. The van der Waals surface area contributed by atoms with Gasteiger partial charge in [0, 0.05) is 12.0 Å². The van der Waals surface area contributed by atoms with Crippen LogP contribution in [0.1, 0.15) is 106 Å². The number of hydrogen-bond acceptors (Lipinski definition) is 6. The van der Waals surface area contributed by atoms with Crippen molar-refractivity contribution in [3.8, 4) is 28.6 Å². The maximum atomic E-state index is 14.5. The lowest BCUT2D eigenvalue weighted by Crippen LogP contribution is -2.11. The Bertz CT molecular complexity index is 1130. The summed E-state index contributed by atoms with van der Waals surface area (Å²) in [5.74, 6) is -0.0333. The highest BCUT2D eigenvalue weighted by Gasteiger charge is 2.18. The van der Waals surface area contributed by atoms with Crippen molar-refractivity contribution in [2.24, 2.45) is 0 Å². The summed E-state index contributed by atoms with van der Waals surface area (Å²) in [6.07, 6.45) is 6.28. The van der Waals surface area contributed by atoms with Gasteiger partial charge in [-0.05, 0) is 56.2 Å². The molecule has 0 spiro atoms. The zero-order valence-electron chi connectivity index (χ0n) is 28.3. The van der Waals surface area contributed by atoms with Gasteiger partial charge in [-0.3, -0.25) is 4.79 Å². The van der Waals surface area contributed by atoms with Gasteiger partial charge in [-0.25, -0.2) is 14.4 Å². The van der Waals surface area contributed by atoms with E-state index in [9.17, 15) is 9.18 Å². The molecule has 8 heteroatoms. The summed E-state index contributed by atoms with van der Waals surface area (Å²) in [5.41, 5.74) is 1.87. The Hall–Kier alpha value is -3.68. The van der Waals surface area contributed by atoms with Crippen molar-refractivity contribution in [3.63, 3.8) is 0 Å². The van der Waals surface area contributed by atoms with Crippen molar-refractivity contribution in [2.75, 3.05) is 7.11 Å². The second-order valence-electron chi connectivity index (χ2n) is 8.42. The number of hydrogen-bond donors (Lipinski definition) is 1. The zero-order valence-corrected chi connectivity index (χ0v) is 28.3. The normalized spacial score (nSPS) is 10.3. The van der Waals surface area contributed by atoms with Crippen LogP contribution in [0.15, 0.2) is 48.7 Å². The molecule has 0 saturated heterocycles. The molecule has 7 nitrogen and oxygen atoms in total. The van der Waals surface area contributed by atoms with E-state index in [0.717, 1.165) is 5.56 Å². The molecule has 1 N–H and O–H groups in total. The first kappa shape index (κ1) is 41.5. The fraction of sp³-hybridized carbons (Fsp3) is 0.514. The minimum absolute atomic E-state index is 0.0487. The van der Waals surface area contributed by atoms with E-state index in [0.29, 0.717) is 23.6 Å². The summed E-state index contributed by atoms with van der Waals surface area (Å²) in [7, 11) is 1.51. The molecule has 242 valence electrons. The van der Waals surface area contributed by atoms with Crippen LogP contribution in [0.4, 0.5) is 4.39 Å². The molecule has 0 bridgehead atoms. The third-order valence-electron chi connectivity index (χ3n) is 4.83. The Morgan fingerprint density at radius 3 is 2.09 bits per heavy atom. The van der Waals surface area contributed by atoms with Crippen LogP contribution in [0.25, 0.3) is 11.3 Å². The van der Waals surface area contributed by atoms with Gasteiger partial charge >= 0.3 is 5.97 Å². The summed E-state index contributed by atoms with van der Waals surface area (Å²) < 4.78 is 31.3. The number of methoxy groups -OCH3 is 1. The lowest BCUT2D eigenvalue weighted by molar-refractivity contribution is -0.136. The molecule has 2 aromatic carbocycles. The molecular weight excluding hydrogens is 547 g/mol. The highest BCUT2D eigenvalue weighted by Crippen LogP contribution is 2.32. The fourth-order valence-corrected chi connectivity index (χ4v) is 2.98. The highest BCUT2D eigenvalue weighted by atomic mass is 19.1. The first-order valence-corrected chi connectivity index (χ1v) is 15.7. The first-order chi connectivity index (χ1) is 20.9. The molecule has 0 atom stereocenters. The first-order valence-electron chi connectivity index (χ1n) is 15.7. The fourth-order valence-electron chi connectivity index (χ4n) is 2.98. The highest BCUT2D eigenvalue weighted by molar-refractivity contribution is 5.67. The predicted molar refractivity (Wildman–Crippen MR) is 176 cm³/mol.